The van der Waals surface area contributed by atoms with Gasteiger partial charge in [0.1, 0.15) is 0 Å². The summed E-state index contributed by atoms with van der Waals surface area (Å²) in [5.74, 6) is -0.378. The van der Waals surface area contributed by atoms with Crippen LogP contribution in [0, 0.1) is 5.92 Å². The molecule has 0 aromatic heterocycles. The molecular formula is C22H28N2O3. The van der Waals surface area contributed by atoms with Crippen LogP contribution < -0.4 is 0 Å². The maximum absolute atomic E-state index is 11.4. The fourth-order valence-electron chi connectivity index (χ4n) is 3.81. The largest absolute Gasteiger partial charge is 0.478 e. The Morgan fingerprint density at radius 1 is 1.11 bits per heavy atom. The molecular weight excluding hydrogens is 340 g/mol. The van der Waals surface area contributed by atoms with Crippen LogP contribution in [0.2, 0.25) is 0 Å². The molecule has 2 aromatic carbocycles. The molecule has 1 N–H and O–H groups in total. The summed E-state index contributed by atoms with van der Waals surface area (Å²) in [4.78, 5) is 16.3. The highest BCUT2D eigenvalue weighted by atomic mass is 16.5. The van der Waals surface area contributed by atoms with Gasteiger partial charge in [0.05, 0.1) is 12.2 Å². The summed E-state index contributed by atoms with van der Waals surface area (Å²) in [6.07, 6.45) is 0. The minimum atomic E-state index is -0.896. The molecule has 0 unspecified atom stereocenters. The third kappa shape index (κ3) is 5.16. The molecule has 2 aromatic rings. The van der Waals surface area contributed by atoms with Crippen LogP contribution in [0.25, 0.3) is 11.1 Å². The Hall–Kier alpha value is -2.21. The van der Waals surface area contributed by atoms with Gasteiger partial charge in [0, 0.05) is 45.8 Å². The van der Waals surface area contributed by atoms with E-state index in [9.17, 15) is 9.90 Å². The highest BCUT2D eigenvalue weighted by Gasteiger charge is 2.21. The fraction of sp³-hybridized carbons (Fsp3) is 0.409. The lowest BCUT2D eigenvalue weighted by atomic mass is 9.98. The van der Waals surface area contributed by atoms with Crippen molar-refractivity contribution in [2.75, 3.05) is 46.9 Å². The van der Waals surface area contributed by atoms with E-state index in [0.29, 0.717) is 11.5 Å². The van der Waals surface area contributed by atoms with Gasteiger partial charge in [0.2, 0.25) is 0 Å². The van der Waals surface area contributed by atoms with Crippen molar-refractivity contribution in [3.05, 3.63) is 59.7 Å². The molecule has 1 aliphatic rings. The van der Waals surface area contributed by atoms with Crippen LogP contribution in [0.5, 0.6) is 0 Å². The number of ether oxygens (including phenoxy) is 1. The third-order valence-electron chi connectivity index (χ3n) is 5.12. The maximum atomic E-state index is 11.4. The van der Waals surface area contributed by atoms with Crippen molar-refractivity contribution in [1.29, 1.82) is 0 Å². The molecule has 5 heteroatoms. The van der Waals surface area contributed by atoms with Crippen molar-refractivity contribution < 1.29 is 14.6 Å². The van der Waals surface area contributed by atoms with E-state index in [1.165, 1.54) is 5.56 Å². The molecule has 1 fully saturated rings. The Bertz CT molecular complexity index is 760. The van der Waals surface area contributed by atoms with Gasteiger partial charge in [-0.2, -0.15) is 0 Å². The van der Waals surface area contributed by atoms with Crippen molar-refractivity contribution in [3.63, 3.8) is 0 Å². The first-order valence-corrected chi connectivity index (χ1v) is 9.38. The molecule has 3 rings (SSSR count). The van der Waals surface area contributed by atoms with Gasteiger partial charge in [0.15, 0.2) is 0 Å². The van der Waals surface area contributed by atoms with Crippen LogP contribution in [-0.4, -0.2) is 67.8 Å². The number of carboxylic acid groups (broad SMARTS) is 1. The summed E-state index contributed by atoms with van der Waals surface area (Å²) < 4.78 is 5.38. The van der Waals surface area contributed by atoms with Crippen LogP contribution in [0.15, 0.2) is 48.5 Å². The first-order chi connectivity index (χ1) is 13.1. The van der Waals surface area contributed by atoms with Gasteiger partial charge in [-0.15, -0.1) is 0 Å². The molecule has 0 saturated carbocycles. The van der Waals surface area contributed by atoms with E-state index in [-0.39, 0.29) is 0 Å². The predicted octanol–water partition coefficient (Wildman–Crippen LogP) is 3.06. The second-order valence-corrected chi connectivity index (χ2v) is 7.37. The molecule has 27 heavy (non-hydrogen) atoms. The first kappa shape index (κ1) is 19.5. The number of carbonyl (C=O) groups is 1. The standard InChI is InChI=1S/C22H28N2O3/c1-23-11-12-24(15-18(13-23)16-27-2)14-17-7-9-19(10-8-17)20-5-3-4-6-21(20)22(25)26/h3-10,18H,11-16H2,1-2H3,(H,25,26)/t18-/m1/s1. The third-order valence-corrected chi connectivity index (χ3v) is 5.12. The Kier molecular flexibility index (Phi) is 6.61. The molecule has 1 saturated heterocycles. The molecule has 5 nitrogen and oxygen atoms in total. The molecule has 1 aliphatic heterocycles. The van der Waals surface area contributed by atoms with Crippen LogP contribution in [0.3, 0.4) is 0 Å². The topological polar surface area (TPSA) is 53.0 Å². The number of rotatable bonds is 6. The van der Waals surface area contributed by atoms with Crippen LogP contribution in [0.1, 0.15) is 15.9 Å². The lowest BCUT2D eigenvalue weighted by Gasteiger charge is -2.23. The number of likely N-dealkylation sites (N-methyl/N-ethyl adjacent to an activating group) is 1. The van der Waals surface area contributed by atoms with Gasteiger partial charge >= 0.3 is 5.97 Å². The normalized spacial score (nSPS) is 19.0. The molecule has 0 amide bonds. The Morgan fingerprint density at radius 3 is 2.56 bits per heavy atom. The summed E-state index contributed by atoms with van der Waals surface area (Å²) in [6, 6.07) is 15.4. The first-order valence-electron chi connectivity index (χ1n) is 9.38. The van der Waals surface area contributed by atoms with E-state index < -0.39 is 5.97 Å². The van der Waals surface area contributed by atoms with E-state index >= 15 is 0 Å². The Labute approximate surface area is 161 Å². The molecule has 0 bridgehead atoms. The molecule has 1 atom stereocenters. The number of nitrogens with zero attached hydrogens (tertiary/aromatic N) is 2. The van der Waals surface area contributed by atoms with Crippen molar-refractivity contribution in [2.45, 2.75) is 6.54 Å². The predicted molar refractivity (Wildman–Crippen MR) is 107 cm³/mol. The average Bonchev–Trinajstić information content (AvgIpc) is 2.83. The van der Waals surface area contributed by atoms with E-state index in [2.05, 4.69) is 29.0 Å². The van der Waals surface area contributed by atoms with Gasteiger partial charge in [-0.1, -0.05) is 42.5 Å². The average molecular weight is 368 g/mol. The van der Waals surface area contributed by atoms with Gasteiger partial charge in [0.25, 0.3) is 0 Å². The summed E-state index contributed by atoms with van der Waals surface area (Å²) in [5, 5.41) is 9.39. The second-order valence-electron chi connectivity index (χ2n) is 7.37. The summed E-state index contributed by atoms with van der Waals surface area (Å²) in [6.45, 7) is 5.88. The number of aromatic carboxylic acids is 1. The van der Waals surface area contributed by atoms with Crippen molar-refractivity contribution >= 4 is 5.97 Å². The number of benzene rings is 2. The quantitative estimate of drug-likeness (QED) is 0.849. The lowest BCUT2D eigenvalue weighted by molar-refractivity contribution is 0.0697. The second kappa shape index (κ2) is 9.13. The molecule has 144 valence electrons. The molecule has 1 heterocycles. The number of hydrogen-bond donors (Lipinski definition) is 1. The minimum absolute atomic E-state index is 0.336. The van der Waals surface area contributed by atoms with E-state index in [4.69, 9.17) is 4.74 Å². The van der Waals surface area contributed by atoms with E-state index in [0.717, 1.165) is 50.5 Å². The fourth-order valence-corrected chi connectivity index (χ4v) is 3.81. The highest BCUT2D eigenvalue weighted by molar-refractivity contribution is 5.95. The zero-order valence-electron chi connectivity index (χ0n) is 16.1. The monoisotopic (exact) mass is 368 g/mol. The zero-order chi connectivity index (χ0) is 19.2. The lowest BCUT2D eigenvalue weighted by Crippen LogP contribution is -2.31. The minimum Gasteiger partial charge on any atom is -0.478 e. The molecule has 0 radical (unpaired) electrons. The van der Waals surface area contributed by atoms with Gasteiger partial charge in [-0.05, 0) is 29.8 Å². The number of hydrogen-bond acceptors (Lipinski definition) is 4. The highest BCUT2D eigenvalue weighted by Crippen LogP contribution is 2.24. The van der Waals surface area contributed by atoms with E-state index in [1.807, 2.05) is 24.3 Å². The van der Waals surface area contributed by atoms with Crippen molar-refractivity contribution in [3.8, 4) is 11.1 Å². The van der Waals surface area contributed by atoms with Crippen LogP contribution >= 0.6 is 0 Å². The van der Waals surface area contributed by atoms with Gasteiger partial charge < -0.3 is 14.7 Å². The van der Waals surface area contributed by atoms with Crippen LogP contribution in [-0.2, 0) is 11.3 Å². The smallest absolute Gasteiger partial charge is 0.336 e. The van der Waals surface area contributed by atoms with Gasteiger partial charge in [-0.3, -0.25) is 4.90 Å². The Morgan fingerprint density at radius 2 is 1.85 bits per heavy atom. The van der Waals surface area contributed by atoms with Crippen LogP contribution in [0.4, 0.5) is 0 Å². The van der Waals surface area contributed by atoms with Crippen molar-refractivity contribution in [2.24, 2.45) is 5.92 Å². The summed E-state index contributed by atoms with van der Waals surface area (Å²) in [5.41, 5.74) is 3.27. The number of methoxy groups -OCH3 is 1. The summed E-state index contributed by atoms with van der Waals surface area (Å²) >= 11 is 0. The summed E-state index contributed by atoms with van der Waals surface area (Å²) in [7, 11) is 3.93. The van der Waals surface area contributed by atoms with Gasteiger partial charge in [-0.25, -0.2) is 4.79 Å². The zero-order valence-corrected chi connectivity index (χ0v) is 16.1. The molecule has 0 aliphatic carbocycles. The van der Waals surface area contributed by atoms with Crippen molar-refractivity contribution in [1.82, 2.24) is 9.80 Å². The maximum Gasteiger partial charge on any atom is 0.336 e. The number of carboxylic acids is 1. The Balaban J connectivity index is 1.71. The SMILES string of the molecule is COC[C@@H]1CN(C)CCN(Cc2ccc(-c3ccccc3C(=O)O)cc2)C1. The molecule has 0 spiro atoms. The van der Waals surface area contributed by atoms with E-state index in [1.54, 1.807) is 19.2 Å².